The van der Waals surface area contributed by atoms with Crippen molar-refractivity contribution in [2.24, 2.45) is 5.41 Å². The van der Waals surface area contributed by atoms with Crippen molar-refractivity contribution in [2.75, 3.05) is 6.54 Å². The fraction of sp³-hybridized carbons (Fsp3) is 0.538. The summed E-state index contributed by atoms with van der Waals surface area (Å²) in [7, 11) is 0. The molecule has 0 aliphatic carbocycles. The molecule has 0 saturated carbocycles. The van der Waals surface area contributed by atoms with E-state index in [9.17, 15) is 4.39 Å². The van der Waals surface area contributed by atoms with Crippen LogP contribution in [0.4, 0.5) is 4.39 Å². The van der Waals surface area contributed by atoms with Crippen LogP contribution in [0, 0.1) is 11.2 Å². The van der Waals surface area contributed by atoms with Gasteiger partial charge in [-0.05, 0) is 45.5 Å². The van der Waals surface area contributed by atoms with Crippen LogP contribution in [0.1, 0.15) is 32.8 Å². The van der Waals surface area contributed by atoms with E-state index in [4.69, 9.17) is 0 Å². The third-order valence-electron chi connectivity index (χ3n) is 2.87. The fourth-order valence-corrected chi connectivity index (χ4v) is 1.75. The summed E-state index contributed by atoms with van der Waals surface area (Å²) >= 11 is 3.19. The zero-order valence-electron chi connectivity index (χ0n) is 10.1. The van der Waals surface area contributed by atoms with Crippen molar-refractivity contribution in [3.63, 3.8) is 0 Å². The van der Waals surface area contributed by atoms with Crippen LogP contribution >= 0.6 is 15.9 Å². The summed E-state index contributed by atoms with van der Waals surface area (Å²) in [6.45, 7) is 8.41. The van der Waals surface area contributed by atoms with Crippen molar-refractivity contribution >= 4 is 15.9 Å². The largest absolute Gasteiger partial charge is 0.312 e. The molecule has 0 atom stereocenters. The second kappa shape index (κ2) is 5.78. The van der Waals surface area contributed by atoms with Crippen molar-refractivity contribution < 1.29 is 4.39 Å². The molecule has 0 aliphatic rings. The van der Waals surface area contributed by atoms with Gasteiger partial charge in [-0.1, -0.05) is 26.8 Å². The average Bonchev–Trinajstić information content (AvgIpc) is 2.23. The molecule has 1 aromatic rings. The topological polar surface area (TPSA) is 12.0 Å². The van der Waals surface area contributed by atoms with Gasteiger partial charge in [-0.2, -0.15) is 0 Å². The quantitative estimate of drug-likeness (QED) is 0.859. The molecule has 0 unspecified atom stereocenters. The molecule has 0 spiro atoms. The Kier molecular flexibility index (Phi) is 4.93. The van der Waals surface area contributed by atoms with Crippen molar-refractivity contribution in [1.82, 2.24) is 5.32 Å². The zero-order chi connectivity index (χ0) is 12.2. The minimum Gasteiger partial charge on any atom is -0.312 e. The van der Waals surface area contributed by atoms with Gasteiger partial charge in [0.1, 0.15) is 5.82 Å². The number of nitrogens with one attached hydrogen (secondary N) is 1. The minimum absolute atomic E-state index is 0.211. The van der Waals surface area contributed by atoms with Gasteiger partial charge in [0.2, 0.25) is 0 Å². The van der Waals surface area contributed by atoms with Crippen LogP contribution in [0.3, 0.4) is 0 Å². The highest BCUT2D eigenvalue weighted by molar-refractivity contribution is 9.10. The van der Waals surface area contributed by atoms with Crippen molar-refractivity contribution in [2.45, 2.75) is 33.7 Å². The van der Waals surface area contributed by atoms with Gasteiger partial charge in [0.15, 0.2) is 0 Å². The summed E-state index contributed by atoms with van der Waals surface area (Å²) in [6.07, 6.45) is 1.15. The van der Waals surface area contributed by atoms with E-state index < -0.39 is 0 Å². The second-order valence-corrected chi connectivity index (χ2v) is 5.72. The van der Waals surface area contributed by atoms with Gasteiger partial charge in [0, 0.05) is 13.1 Å². The Hall–Kier alpha value is -0.410. The Morgan fingerprint density at radius 2 is 2.06 bits per heavy atom. The molecular weight excluding hydrogens is 269 g/mol. The first-order valence-corrected chi connectivity index (χ1v) is 6.38. The monoisotopic (exact) mass is 287 g/mol. The van der Waals surface area contributed by atoms with Gasteiger partial charge in [-0.25, -0.2) is 4.39 Å². The number of benzene rings is 1. The third-order valence-corrected chi connectivity index (χ3v) is 3.48. The normalized spacial score (nSPS) is 11.8. The Morgan fingerprint density at radius 1 is 1.38 bits per heavy atom. The van der Waals surface area contributed by atoms with E-state index in [0.717, 1.165) is 25.1 Å². The molecule has 90 valence electrons. The van der Waals surface area contributed by atoms with E-state index in [2.05, 4.69) is 42.0 Å². The number of hydrogen-bond acceptors (Lipinski definition) is 1. The first-order valence-electron chi connectivity index (χ1n) is 5.59. The summed E-state index contributed by atoms with van der Waals surface area (Å²) in [5, 5.41) is 3.40. The summed E-state index contributed by atoms with van der Waals surface area (Å²) in [6, 6.07) is 5.12. The lowest BCUT2D eigenvalue weighted by Crippen LogP contribution is -2.28. The first-order chi connectivity index (χ1) is 7.44. The molecule has 0 aliphatic heterocycles. The summed E-state index contributed by atoms with van der Waals surface area (Å²) in [4.78, 5) is 0. The van der Waals surface area contributed by atoms with Crippen molar-refractivity contribution in [3.05, 3.63) is 34.1 Å². The minimum atomic E-state index is -0.211. The number of rotatable bonds is 5. The molecule has 0 amide bonds. The lowest BCUT2D eigenvalue weighted by atomic mass is 9.90. The molecule has 1 N–H and O–H groups in total. The molecule has 0 bridgehead atoms. The zero-order valence-corrected chi connectivity index (χ0v) is 11.7. The predicted octanol–water partition coefficient (Wildman–Crippen LogP) is 4.11. The van der Waals surface area contributed by atoms with E-state index in [1.54, 1.807) is 0 Å². The Balaban J connectivity index is 2.46. The highest BCUT2D eigenvalue weighted by Gasteiger charge is 2.13. The molecule has 0 radical (unpaired) electrons. The lowest BCUT2D eigenvalue weighted by molar-refractivity contribution is 0.327. The SMILES string of the molecule is CCC(C)(C)CNCc1ccc(F)c(Br)c1. The maximum atomic E-state index is 13.0. The van der Waals surface area contributed by atoms with E-state index in [0.29, 0.717) is 9.89 Å². The summed E-state index contributed by atoms with van der Waals surface area (Å²) in [5.74, 6) is -0.211. The molecule has 3 heteroatoms. The standard InChI is InChI=1S/C13H19BrFN/c1-4-13(2,3)9-16-8-10-5-6-12(15)11(14)7-10/h5-7,16H,4,8-9H2,1-3H3. The van der Waals surface area contributed by atoms with Crippen LogP contribution < -0.4 is 5.32 Å². The molecule has 1 nitrogen and oxygen atoms in total. The van der Waals surface area contributed by atoms with Crippen LogP contribution in [0.25, 0.3) is 0 Å². The average molecular weight is 288 g/mol. The number of hydrogen-bond donors (Lipinski definition) is 1. The molecule has 1 aromatic carbocycles. The molecule has 0 heterocycles. The second-order valence-electron chi connectivity index (χ2n) is 4.87. The molecule has 1 rings (SSSR count). The van der Waals surface area contributed by atoms with E-state index in [1.807, 2.05) is 12.1 Å². The van der Waals surface area contributed by atoms with E-state index in [-0.39, 0.29) is 5.82 Å². The molecule has 16 heavy (non-hydrogen) atoms. The maximum Gasteiger partial charge on any atom is 0.137 e. The number of halogens is 2. The molecule has 0 aromatic heterocycles. The van der Waals surface area contributed by atoms with Crippen LogP contribution in [0.5, 0.6) is 0 Å². The summed E-state index contributed by atoms with van der Waals surface area (Å²) in [5.41, 5.74) is 1.41. The third kappa shape index (κ3) is 4.22. The summed E-state index contributed by atoms with van der Waals surface area (Å²) < 4.78 is 13.5. The fourth-order valence-electron chi connectivity index (χ4n) is 1.32. The van der Waals surface area contributed by atoms with Crippen LogP contribution in [-0.4, -0.2) is 6.54 Å². The van der Waals surface area contributed by atoms with Crippen LogP contribution in [0.15, 0.2) is 22.7 Å². The Labute approximate surface area is 106 Å². The van der Waals surface area contributed by atoms with E-state index in [1.165, 1.54) is 6.07 Å². The highest BCUT2D eigenvalue weighted by atomic mass is 79.9. The highest BCUT2D eigenvalue weighted by Crippen LogP contribution is 2.19. The van der Waals surface area contributed by atoms with Crippen LogP contribution in [0.2, 0.25) is 0 Å². The van der Waals surface area contributed by atoms with Gasteiger partial charge >= 0.3 is 0 Å². The van der Waals surface area contributed by atoms with Gasteiger partial charge in [0.05, 0.1) is 4.47 Å². The van der Waals surface area contributed by atoms with Crippen molar-refractivity contribution in [1.29, 1.82) is 0 Å². The molecule has 0 fully saturated rings. The van der Waals surface area contributed by atoms with Gasteiger partial charge in [-0.3, -0.25) is 0 Å². The lowest BCUT2D eigenvalue weighted by Gasteiger charge is -2.23. The predicted molar refractivity (Wildman–Crippen MR) is 69.9 cm³/mol. The van der Waals surface area contributed by atoms with Gasteiger partial charge < -0.3 is 5.32 Å². The first kappa shape index (κ1) is 13.7. The van der Waals surface area contributed by atoms with Gasteiger partial charge in [-0.15, -0.1) is 0 Å². The maximum absolute atomic E-state index is 13.0. The van der Waals surface area contributed by atoms with Crippen molar-refractivity contribution in [3.8, 4) is 0 Å². The molecule has 0 saturated heterocycles. The Morgan fingerprint density at radius 3 is 2.62 bits per heavy atom. The van der Waals surface area contributed by atoms with Gasteiger partial charge in [0.25, 0.3) is 0 Å². The Bertz CT molecular complexity index is 350. The smallest absolute Gasteiger partial charge is 0.137 e. The van der Waals surface area contributed by atoms with E-state index >= 15 is 0 Å². The van der Waals surface area contributed by atoms with Crippen LogP contribution in [-0.2, 0) is 6.54 Å². The molecular formula is C13H19BrFN.